The third kappa shape index (κ3) is 3.87. The van der Waals surface area contributed by atoms with Crippen molar-refractivity contribution < 1.29 is 14.3 Å². The number of thiocarbonyl (C=S) groups is 1. The van der Waals surface area contributed by atoms with Gasteiger partial charge in [0, 0.05) is 17.4 Å². The molecular weight excluding hydrogens is 434 g/mol. The van der Waals surface area contributed by atoms with Gasteiger partial charge in [0.25, 0.3) is 0 Å². The van der Waals surface area contributed by atoms with Gasteiger partial charge in [0.05, 0.1) is 17.3 Å². The Morgan fingerprint density at radius 2 is 1.85 bits per heavy atom. The van der Waals surface area contributed by atoms with Crippen LogP contribution in [0, 0.1) is 6.92 Å². The summed E-state index contributed by atoms with van der Waals surface area (Å²) in [6, 6.07) is 24.2. The second kappa shape index (κ2) is 8.52. The van der Waals surface area contributed by atoms with E-state index in [2.05, 4.69) is 15.2 Å². The van der Waals surface area contributed by atoms with Crippen LogP contribution in [-0.4, -0.2) is 21.2 Å². The molecule has 2 N–H and O–H groups in total. The second-order valence-electron chi connectivity index (χ2n) is 7.87. The number of para-hydroxylation sites is 1. The topological polar surface area (TPSA) is 78.6 Å². The van der Waals surface area contributed by atoms with E-state index >= 15 is 0 Å². The van der Waals surface area contributed by atoms with E-state index in [1.54, 1.807) is 24.4 Å². The lowest BCUT2D eigenvalue weighted by Crippen LogP contribution is -2.29. The first-order chi connectivity index (χ1) is 16.0. The van der Waals surface area contributed by atoms with Crippen molar-refractivity contribution in [2.24, 2.45) is 0 Å². The van der Waals surface area contributed by atoms with Gasteiger partial charge in [-0.2, -0.15) is 0 Å². The predicted octanol–water partition coefficient (Wildman–Crippen LogP) is 5.53. The molecule has 4 aromatic rings. The standard InChI is InChI=1S/C26H21N3O3S/c1-16-15-17(25(30)31)10-11-19(16)21-12-13-22(32-21)24-23(20-9-5-6-14-27-20)28-26(33)29(24)18-7-3-2-4-8-18/h2-15,23-24H,1H3,(H,28,33)(H,30,31)/t23-,24+/m1/s1. The molecule has 1 aliphatic rings. The molecule has 2 aromatic heterocycles. The van der Waals surface area contributed by atoms with E-state index in [0.29, 0.717) is 10.9 Å². The molecule has 2 aromatic carbocycles. The van der Waals surface area contributed by atoms with Crippen LogP contribution in [0.25, 0.3) is 11.3 Å². The maximum Gasteiger partial charge on any atom is 0.335 e. The fraction of sp³-hybridized carbons (Fsp3) is 0.115. The van der Waals surface area contributed by atoms with Gasteiger partial charge in [0.1, 0.15) is 17.6 Å². The summed E-state index contributed by atoms with van der Waals surface area (Å²) in [5.41, 5.74) is 3.75. The van der Waals surface area contributed by atoms with Crippen molar-refractivity contribution in [1.82, 2.24) is 10.3 Å². The van der Waals surface area contributed by atoms with Crippen LogP contribution in [0.15, 0.2) is 89.5 Å². The fourth-order valence-electron chi connectivity index (χ4n) is 4.24. The number of aromatic carboxylic acids is 1. The lowest BCUT2D eigenvalue weighted by atomic mass is 10.0. The summed E-state index contributed by atoms with van der Waals surface area (Å²) in [5, 5.41) is 13.3. The SMILES string of the molecule is Cc1cc(C(=O)O)ccc1-c1ccc([C@H]2[C@@H](c3ccccn3)NC(=S)N2c2ccccc2)o1. The molecule has 0 aliphatic carbocycles. The zero-order chi connectivity index (χ0) is 22.9. The molecule has 1 saturated heterocycles. The average molecular weight is 456 g/mol. The van der Waals surface area contributed by atoms with Gasteiger partial charge in [0.15, 0.2) is 5.11 Å². The van der Waals surface area contributed by atoms with Crippen molar-refractivity contribution in [3.63, 3.8) is 0 Å². The number of pyridine rings is 1. The Hall–Kier alpha value is -3.97. The van der Waals surface area contributed by atoms with Gasteiger partial charge in [-0.15, -0.1) is 0 Å². The number of nitrogens with one attached hydrogen (secondary N) is 1. The zero-order valence-electron chi connectivity index (χ0n) is 17.8. The Morgan fingerprint density at radius 3 is 2.55 bits per heavy atom. The quantitative estimate of drug-likeness (QED) is 0.383. The predicted molar refractivity (Wildman–Crippen MR) is 130 cm³/mol. The molecule has 33 heavy (non-hydrogen) atoms. The van der Waals surface area contributed by atoms with E-state index < -0.39 is 5.97 Å². The third-order valence-electron chi connectivity index (χ3n) is 5.79. The number of hydrogen-bond acceptors (Lipinski definition) is 4. The van der Waals surface area contributed by atoms with Crippen LogP contribution in [-0.2, 0) is 0 Å². The molecule has 7 heteroatoms. The third-order valence-corrected chi connectivity index (χ3v) is 6.10. The summed E-state index contributed by atoms with van der Waals surface area (Å²) in [5.74, 6) is 0.454. The number of rotatable bonds is 5. The first kappa shape index (κ1) is 20.9. The molecular formula is C26H21N3O3S. The molecule has 0 unspecified atom stereocenters. The minimum atomic E-state index is -0.952. The molecule has 3 heterocycles. The Bertz CT molecular complexity index is 1320. The van der Waals surface area contributed by atoms with Gasteiger partial charge in [-0.25, -0.2) is 4.79 Å². The lowest BCUT2D eigenvalue weighted by molar-refractivity contribution is 0.0697. The number of carboxylic acids is 1. The molecule has 0 saturated carbocycles. The number of carbonyl (C=O) groups is 1. The van der Waals surface area contributed by atoms with E-state index in [1.165, 1.54) is 0 Å². The average Bonchev–Trinajstić information content (AvgIpc) is 3.44. The maximum absolute atomic E-state index is 11.3. The minimum Gasteiger partial charge on any atom is -0.478 e. The van der Waals surface area contributed by atoms with Crippen molar-refractivity contribution in [3.8, 4) is 11.3 Å². The van der Waals surface area contributed by atoms with Crippen molar-refractivity contribution in [2.75, 3.05) is 4.90 Å². The lowest BCUT2D eigenvalue weighted by Gasteiger charge is -2.26. The van der Waals surface area contributed by atoms with Gasteiger partial charge in [-0.3, -0.25) is 4.98 Å². The monoisotopic (exact) mass is 455 g/mol. The number of hydrogen-bond donors (Lipinski definition) is 2. The summed E-state index contributed by atoms with van der Waals surface area (Å²) < 4.78 is 6.37. The van der Waals surface area contributed by atoms with Crippen molar-refractivity contribution in [3.05, 3.63) is 108 Å². The van der Waals surface area contributed by atoms with Crippen LogP contribution in [0.3, 0.4) is 0 Å². The summed E-state index contributed by atoms with van der Waals surface area (Å²) in [6.07, 6.45) is 1.77. The van der Waals surface area contributed by atoms with Crippen LogP contribution in [0.5, 0.6) is 0 Å². The van der Waals surface area contributed by atoms with Crippen molar-refractivity contribution in [2.45, 2.75) is 19.0 Å². The highest BCUT2D eigenvalue weighted by molar-refractivity contribution is 7.80. The Balaban J connectivity index is 1.58. The number of nitrogens with zero attached hydrogens (tertiary/aromatic N) is 2. The molecule has 0 amide bonds. The summed E-state index contributed by atoms with van der Waals surface area (Å²) in [6.45, 7) is 1.88. The maximum atomic E-state index is 11.3. The highest BCUT2D eigenvalue weighted by Gasteiger charge is 2.42. The molecule has 0 bridgehead atoms. The Labute approximate surface area is 196 Å². The molecule has 6 nitrogen and oxygen atoms in total. The molecule has 1 aliphatic heterocycles. The fourth-order valence-corrected chi connectivity index (χ4v) is 4.59. The molecule has 0 spiro atoms. The summed E-state index contributed by atoms with van der Waals surface area (Å²) >= 11 is 5.73. The van der Waals surface area contributed by atoms with Gasteiger partial charge < -0.3 is 19.7 Å². The van der Waals surface area contributed by atoms with Gasteiger partial charge >= 0.3 is 5.97 Å². The highest BCUT2D eigenvalue weighted by Crippen LogP contribution is 2.43. The van der Waals surface area contributed by atoms with Crippen LogP contribution in [0.2, 0.25) is 0 Å². The van der Waals surface area contributed by atoms with Crippen molar-refractivity contribution >= 4 is 29.0 Å². The number of anilines is 1. The smallest absolute Gasteiger partial charge is 0.335 e. The van der Waals surface area contributed by atoms with Crippen LogP contribution >= 0.6 is 12.2 Å². The van der Waals surface area contributed by atoms with Gasteiger partial charge in [-0.05, 0) is 73.2 Å². The van der Waals surface area contributed by atoms with Crippen molar-refractivity contribution in [1.29, 1.82) is 0 Å². The van der Waals surface area contributed by atoms with Crippen LogP contribution in [0.4, 0.5) is 5.69 Å². The minimum absolute atomic E-state index is 0.201. The van der Waals surface area contributed by atoms with E-state index in [-0.39, 0.29) is 17.6 Å². The Morgan fingerprint density at radius 1 is 1.06 bits per heavy atom. The molecule has 1 fully saturated rings. The Kier molecular flexibility index (Phi) is 5.40. The number of benzene rings is 2. The molecule has 0 radical (unpaired) electrons. The van der Waals surface area contributed by atoms with Gasteiger partial charge in [0.2, 0.25) is 0 Å². The van der Waals surface area contributed by atoms with E-state index in [4.69, 9.17) is 16.6 Å². The van der Waals surface area contributed by atoms with Crippen LogP contribution < -0.4 is 10.2 Å². The zero-order valence-corrected chi connectivity index (χ0v) is 18.6. The van der Waals surface area contributed by atoms with E-state index in [0.717, 1.165) is 28.3 Å². The van der Waals surface area contributed by atoms with E-state index in [9.17, 15) is 9.90 Å². The van der Waals surface area contributed by atoms with Gasteiger partial charge in [-0.1, -0.05) is 30.3 Å². The number of carboxylic acid groups (broad SMARTS) is 1. The number of aryl methyl sites for hydroxylation is 1. The largest absolute Gasteiger partial charge is 0.478 e. The highest BCUT2D eigenvalue weighted by atomic mass is 32.1. The summed E-state index contributed by atoms with van der Waals surface area (Å²) in [4.78, 5) is 17.9. The van der Waals surface area contributed by atoms with Crippen LogP contribution in [0.1, 0.15) is 39.5 Å². The molecule has 2 atom stereocenters. The summed E-state index contributed by atoms with van der Waals surface area (Å²) in [7, 11) is 0. The van der Waals surface area contributed by atoms with E-state index in [1.807, 2.05) is 67.6 Å². The first-order valence-corrected chi connectivity index (χ1v) is 10.9. The second-order valence-corrected chi connectivity index (χ2v) is 8.26. The first-order valence-electron chi connectivity index (χ1n) is 10.5. The number of furan rings is 1. The number of aromatic nitrogens is 1. The molecule has 5 rings (SSSR count). The normalized spacial score (nSPS) is 17.7. The molecule has 164 valence electrons.